The zero-order valence-corrected chi connectivity index (χ0v) is 8.02. The van der Waals surface area contributed by atoms with Gasteiger partial charge in [0.15, 0.2) is 0 Å². The van der Waals surface area contributed by atoms with Crippen LogP contribution in [0.5, 0.6) is 0 Å². The molecule has 3 rings (SSSR count). The second-order valence-corrected chi connectivity index (χ2v) is 4.08. The van der Waals surface area contributed by atoms with Crippen molar-refractivity contribution < 1.29 is 4.74 Å². The Morgan fingerprint density at radius 3 is 2.36 bits per heavy atom. The normalized spacial score (nSPS) is 29.9. The highest BCUT2D eigenvalue weighted by molar-refractivity contribution is 5.56. The number of nitrogen functional groups attached to an aromatic ring is 1. The molecular formula is C11H14N2O. The van der Waals surface area contributed by atoms with Crippen LogP contribution in [0.25, 0.3) is 0 Å². The van der Waals surface area contributed by atoms with Gasteiger partial charge in [0.2, 0.25) is 0 Å². The van der Waals surface area contributed by atoms with Crippen molar-refractivity contribution in [2.45, 2.75) is 18.5 Å². The number of nitrogens with zero attached hydrogens (tertiary/aromatic N) is 1. The maximum absolute atomic E-state index is 5.66. The fourth-order valence-corrected chi connectivity index (χ4v) is 2.41. The molecule has 0 unspecified atom stereocenters. The van der Waals surface area contributed by atoms with Crippen LogP contribution in [0.4, 0.5) is 11.4 Å². The van der Waals surface area contributed by atoms with Crippen molar-refractivity contribution in [3.8, 4) is 0 Å². The largest absolute Gasteiger partial charge is 0.399 e. The fourth-order valence-electron chi connectivity index (χ4n) is 2.41. The van der Waals surface area contributed by atoms with Gasteiger partial charge in [0.05, 0.1) is 25.3 Å². The molecule has 3 nitrogen and oxygen atoms in total. The average molecular weight is 190 g/mol. The molecule has 0 radical (unpaired) electrons. The first-order valence-corrected chi connectivity index (χ1v) is 5.06. The highest BCUT2D eigenvalue weighted by Gasteiger charge is 2.42. The Kier molecular flexibility index (Phi) is 1.67. The molecule has 2 aliphatic rings. The summed E-state index contributed by atoms with van der Waals surface area (Å²) in [4.78, 5) is 2.45. The molecule has 3 heteroatoms. The summed E-state index contributed by atoms with van der Waals surface area (Å²) in [7, 11) is 0. The van der Waals surface area contributed by atoms with E-state index < -0.39 is 0 Å². The number of rotatable bonds is 1. The molecule has 2 atom stereocenters. The zero-order chi connectivity index (χ0) is 9.54. The van der Waals surface area contributed by atoms with Crippen molar-refractivity contribution in [3.63, 3.8) is 0 Å². The molecule has 0 amide bonds. The van der Waals surface area contributed by atoms with Crippen LogP contribution < -0.4 is 10.6 Å². The van der Waals surface area contributed by atoms with E-state index in [0.717, 1.165) is 18.9 Å². The number of nitrogens with two attached hydrogens (primary N) is 1. The summed E-state index contributed by atoms with van der Waals surface area (Å²) in [6.07, 6.45) is 1.28. The Morgan fingerprint density at radius 1 is 1.14 bits per heavy atom. The summed E-state index contributed by atoms with van der Waals surface area (Å²) in [5.41, 5.74) is 7.77. The molecule has 0 saturated carbocycles. The zero-order valence-electron chi connectivity index (χ0n) is 8.02. The van der Waals surface area contributed by atoms with Gasteiger partial charge in [0.1, 0.15) is 0 Å². The molecule has 2 heterocycles. The van der Waals surface area contributed by atoms with Crippen LogP contribution in [-0.2, 0) is 4.74 Å². The van der Waals surface area contributed by atoms with Crippen LogP contribution in [0.2, 0.25) is 0 Å². The number of hydrogen-bond acceptors (Lipinski definition) is 3. The van der Waals surface area contributed by atoms with Crippen LogP contribution in [0.3, 0.4) is 0 Å². The Labute approximate surface area is 83.5 Å². The Morgan fingerprint density at radius 2 is 1.79 bits per heavy atom. The minimum atomic E-state index is 0.595. The van der Waals surface area contributed by atoms with Crippen LogP contribution in [-0.4, -0.2) is 25.3 Å². The summed E-state index contributed by atoms with van der Waals surface area (Å²) >= 11 is 0. The van der Waals surface area contributed by atoms with Crippen molar-refractivity contribution in [3.05, 3.63) is 24.3 Å². The third-order valence-electron chi connectivity index (χ3n) is 3.14. The van der Waals surface area contributed by atoms with Gasteiger partial charge >= 0.3 is 0 Å². The highest BCUT2D eigenvalue weighted by Crippen LogP contribution is 2.35. The molecular weight excluding hydrogens is 176 g/mol. The highest BCUT2D eigenvalue weighted by atomic mass is 16.5. The molecule has 2 N–H and O–H groups in total. The van der Waals surface area contributed by atoms with Gasteiger partial charge in [0, 0.05) is 11.4 Å². The van der Waals surface area contributed by atoms with E-state index in [4.69, 9.17) is 10.5 Å². The van der Waals surface area contributed by atoms with Crippen LogP contribution in [0.1, 0.15) is 6.42 Å². The number of ether oxygens (including phenoxy) is 1. The molecule has 2 fully saturated rings. The smallest absolute Gasteiger partial charge is 0.0671 e. The lowest BCUT2D eigenvalue weighted by Gasteiger charge is -2.53. The van der Waals surface area contributed by atoms with E-state index in [-0.39, 0.29) is 0 Å². The molecule has 1 aromatic rings. The van der Waals surface area contributed by atoms with Crippen LogP contribution in [0, 0.1) is 0 Å². The van der Waals surface area contributed by atoms with E-state index in [9.17, 15) is 0 Å². The molecule has 0 spiro atoms. The number of hydrogen-bond donors (Lipinski definition) is 1. The summed E-state index contributed by atoms with van der Waals surface area (Å²) in [5, 5.41) is 0. The molecule has 2 saturated heterocycles. The van der Waals surface area contributed by atoms with Gasteiger partial charge in [-0.2, -0.15) is 0 Å². The predicted molar refractivity (Wildman–Crippen MR) is 56.3 cm³/mol. The van der Waals surface area contributed by atoms with Crippen molar-refractivity contribution in [2.75, 3.05) is 23.8 Å². The van der Waals surface area contributed by atoms with Gasteiger partial charge in [-0.1, -0.05) is 0 Å². The van der Waals surface area contributed by atoms with Gasteiger partial charge in [-0.25, -0.2) is 0 Å². The number of benzene rings is 1. The molecule has 2 bridgehead atoms. The van der Waals surface area contributed by atoms with Crippen molar-refractivity contribution in [1.29, 1.82) is 0 Å². The third kappa shape index (κ3) is 1.09. The Hall–Kier alpha value is -1.22. The number of anilines is 2. The van der Waals surface area contributed by atoms with E-state index in [0.29, 0.717) is 12.1 Å². The first-order valence-electron chi connectivity index (χ1n) is 5.06. The predicted octanol–water partition coefficient (Wildman–Crippen LogP) is 1.25. The molecule has 0 aromatic heterocycles. The molecule has 1 aromatic carbocycles. The van der Waals surface area contributed by atoms with E-state index in [2.05, 4.69) is 17.0 Å². The Bertz CT molecular complexity index is 322. The van der Waals surface area contributed by atoms with Crippen molar-refractivity contribution in [2.24, 2.45) is 0 Å². The maximum Gasteiger partial charge on any atom is 0.0671 e. The van der Waals surface area contributed by atoms with Gasteiger partial charge in [-0.15, -0.1) is 0 Å². The number of fused-ring (bicyclic) bond motifs is 2. The third-order valence-corrected chi connectivity index (χ3v) is 3.14. The first-order chi connectivity index (χ1) is 6.84. The summed E-state index contributed by atoms with van der Waals surface area (Å²) < 4.78 is 5.44. The lowest BCUT2D eigenvalue weighted by atomic mass is 9.90. The molecule has 2 aliphatic heterocycles. The summed E-state index contributed by atoms with van der Waals surface area (Å²) in [6.45, 7) is 1.75. The van der Waals surface area contributed by atoms with Crippen molar-refractivity contribution >= 4 is 11.4 Å². The molecule has 0 aliphatic carbocycles. The fraction of sp³-hybridized carbons (Fsp3) is 0.455. The van der Waals surface area contributed by atoms with Gasteiger partial charge in [-0.05, 0) is 30.7 Å². The van der Waals surface area contributed by atoms with Gasteiger partial charge < -0.3 is 15.4 Å². The molecule has 74 valence electrons. The van der Waals surface area contributed by atoms with E-state index in [1.807, 2.05) is 12.1 Å². The summed E-state index contributed by atoms with van der Waals surface area (Å²) in [5.74, 6) is 0. The average Bonchev–Trinajstić information content (AvgIpc) is 2.22. The quantitative estimate of drug-likeness (QED) is 0.677. The first kappa shape index (κ1) is 8.12. The SMILES string of the molecule is Nc1ccc(N2[C@H]3COC[C@H]2C3)cc1. The Balaban J connectivity index is 1.86. The van der Waals surface area contributed by atoms with E-state index >= 15 is 0 Å². The van der Waals surface area contributed by atoms with Crippen LogP contribution >= 0.6 is 0 Å². The second kappa shape index (κ2) is 2.89. The lowest BCUT2D eigenvalue weighted by molar-refractivity contribution is 0.0103. The van der Waals surface area contributed by atoms with Crippen molar-refractivity contribution in [1.82, 2.24) is 0 Å². The van der Waals surface area contributed by atoms with E-state index in [1.54, 1.807) is 0 Å². The van der Waals surface area contributed by atoms with Gasteiger partial charge in [-0.3, -0.25) is 0 Å². The second-order valence-electron chi connectivity index (χ2n) is 4.08. The van der Waals surface area contributed by atoms with E-state index in [1.165, 1.54) is 12.1 Å². The van der Waals surface area contributed by atoms with Gasteiger partial charge in [0.25, 0.3) is 0 Å². The number of morpholine rings is 1. The monoisotopic (exact) mass is 190 g/mol. The topological polar surface area (TPSA) is 38.5 Å². The minimum Gasteiger partial charge on any atom is -0.399 e. The maximum atomic E-state index is 5.66. The summed E-state index contributed by atoms with van der Waals surface area (Å²) in [6, 6.07) is 9.31. The minimum absolute atomic E-state index is 0.595. The van der Waals surface area contributed by atoms with Crippen LogP contribution in [0.15, 0.2) is 24.3 Å². The molecule has 14 heavy (non-hydrogen) atoms. The standard InChI is InChI=1S/C11H14N2O/c12-8-1-3-9(4-2-8)13-10-5-11(13)7-14-6-10/h1-4,10-11H,5-7,12H2/t10-,11-/m1/s1. The lowest BCUT2D eigenvalue weighted by Crippen LogP contribution is -2.64.